The Morgan fingerprint density at radius 3 is 2.59 bits per heavy atom. The molecule has 0 saturated carbocycles. The van der Waals surface area contributed by atoms with E-state index in [4.69, 9.17) is 15.0 Å². The van der Waals surface area contributed by atoms with Crippen LogP contribution in [0.4, 0.5) is 11.4 Å². The van der Waals surface area contributed by atoms with Gasteiger partial charge in [-0.15, -0.1) is 10.2 Å². The number of anilines is 2. The van der Waals surface area contributed by atoms with Crippen LogP contribution >= 0.6 is 11.8 Å². The molecule has 2 aromatic heterocycles. The Kier molecular flexibility index (Phi) is 7.13. The summed E-state index contributed by atoms with van der Waals surface area (Å²) in [6, 6.07) is 17.2. The summed E-state index contributed by atoms with van der Waals surface area (Å²) in [5, 5.41) is 13.9. The van der Waals surface area contributed by atoms with Crippen molar-refractivity contribution in [2.75, 3.05) is 28.8 Å². The number of amides is 2. The predicted octanol–water partition coefficient (Wildman–Crippen LogP) is 3.63. The number of hydrogen-bond acceptors (Lipinski definition) is 8. The molecule has 2 amide bonds. The number of thioether (sulfide) groups is 1. The molecule has 0 aliphatic heterocycles. The lowest BCUT2D eigenvalue weighted by Crippen LogP contribution is -2.20. The van der Waals surface area contributed by atoms with Crippen LogP contribution in [-0.2, 0) is 4.79 Å². The van der Waals surface area contributed by atoms with Crippen molar-refractivity contribution in [3.05, 3.63) is 72.5 Å². The summed E-state index contributed by atoms with van der Waals surface area (Å²) in [5.74, 6) is 6.90. The van der Waals surface area contributed by atoms with Crippen molar-refractivity contribution >= 4 is 35.0 Å². The second-order valence-electron chi connectivity index (χ2n) is 6.95. The molecule has 0 radical (unpaired) electrons. The van der Waals surface area contributed by atoms with Crippen LogP contribution in [0.15, 0.2) is 76.5 Å². The Morgan fingerprint density at radius 2 is 1.85 bits per heavy atom. The topological polar surface area (TPSA) is 137 Å². The maximum Gasteiger partial charge on any atom is 0.257 e. The van der Waals surface area contributed by atoms with Gasteiger partial charge in [0.1, 0.15) is 5.75 Å². The van der Waals surface area contributed by atoms with Gasteiger partial charge in [-0.3, -0.25) is 9.59 Å². The maximum absolute atomic E-state index is 12.8. The van der Waals surface area contributed by atoms with E-state index in [-0.39, 0.29) is 17.6 Å². The van der Waals surface area contributed by atoms with Crippen molar-refractivity contribution in [3.8, 4) is 17.3 Å². The molecule has 174 valence electrons. The first-order valence-electron chi connectivity index (χ1n) is 10.4. The Bertz CT molecular complexity index is 1270. The van der Waals surface area contributed by atoms with Crippen LogP contribution < -0.4 is 21.2 Å². The molecule has 34 heavy (non-hydrogen) atoms. The van der Waals surface area contributed by atoms with E-state index in [2.05, 4.69) is 20.8 Å². The number of carbonyl (C=O) groups is 2. The van der Waals surface area contributed by atoms with Crippen LogP contribution in [0.3, 0.4) is 0 Å². The van der Waals surface area contributed by atoms with E-state index in [1.165, 1.54) is 10.9 Å². The highest BCUT2D eigenvalue weighted by molar-refractivity contribution is 7.99. The number of nitrogens with two attached hydrogens (primary N) is 1. The molecule has 4 aromatic rings. The van der Waals surface area contributed by atoms with Crippen LogP contribution in [0.5, 0.6) is 5.75 Å². The molecule has 0 spiro atoms. The fourth-order valence-electron chi connectivity index (χ4n) is 3.06. The highest BCUT2D eigenvalue weighted by atomic mass is 32.2. The van der Waals surface area contributed by atoms with Crippen molar-refractivity contribution in [2.24, 2.45) is 0 Å². The van der Waals surface area contributed by atoms with Crippen molar-refractivity contribution in [1.29, 1.82) is 0 Å². The van der Waals surface area contributed by atoms with Crippen LogP contribution in [0.2, 0.25) is 0 Å². The average molecular weight is 479 g/mol. The monoisotopic (exact) mass is 478 g/mol. The summed E-state index contributed by atoms with van der Waals surface area (Å²) in [6.07, 6.45) is 1.51. The molecule has 2 heterocycles. The van der Waals surface area contributed by atoms with E-state index in [1.54, 1.807) is 60.7 Å². The van der Waals surface area contributed by atoms with Crippen molar-refractivity contribution in [3.63, 3.8) is 0 Å². The molecule has 10 nitrogen and oxygen atoms in total. The Labute approximate surface area is 199 Å². The standard InChI is InChI=1S/C23H22N6O4S/c1-2-32-16-11-9-15(10-12-16)25-22(31)17-6-3-4-7-18(17)26-20(30)14-34-23-28-27-21(29(23)24)19-8-5-13-33-19/h3-13H,2,14,24H2,1H3,(H,25,31)(H,26,30). The third-order valence-corrected chi connectivity index (χ3v) is 5.55. The molecule has 4 rings (SSSR count). The van der Waals surface area contributed by atoms with E-state index in [0.29, 0.717) is 40.3 Å². The Balaban J connectivity index is 1.38. The zero-order valence-corrected chi connectivity index (χ0v) is 19.0. The molecular formula is C23H22N6O4S. The summed E-state index contributed by atoms with van der Waals surface area (Å²) < 4.78 is 11.9. The molecule has 4 N–H and O–H groups in total. The number of nitrogens with zero attached hydrogens (tertiary/aromatic N) is 3. The lowest BCUT2D eigenvalue weighted by atomic mass is 10.1. The third-order valence-electron chi connectivity index (χ3n) is 4.61. The highest BCUT2D eigenvalue weighted by Gasteiger charge is 2.17. The number of aromatic nitrogens is 3. The van der Waals surface area contributed by atoms with Gasteiger partial charge < -0.3 is 25.6 Å². The molecule has 0 fully saturated rings. The van der Waals surface area contributed by atoms with E-state index in [9.17, 15) is 9.59 Å². The summed E-state index contributed by atoms with van der Waals surface area (Å²) in [7, 11) is 0. The molecular weight excluding hydrogens is 456 g/mol. The minimum absolute atomic E-state index is 0.0162. The number of ether oxygens (including phenoxy) is 1. The SMILES string of the molecule is CCOc1ccc(NC(=O)c2ccccc2NC(=O)CSc2nnc(-c3ccco3)n2N)cc1. The molecule has 0 aliphatic carbocycles. The van der Waals surface area contributed by atoms with Gasteiger partial charge in [-0.25, -0.2) is 4.68 Å². The Morgan fingerprint density at radius 1 is 1.06 bits per heavy atom. The predicted molar refractivity (Wildman–Crippen MR) is 129 cm³/mol. The van der Waals surface area contributed by atoms with Crippen molar-refractivity contribution in [2.45, 2.75) is 12.1 Å². The van der Waals surface area contributed by atoms with Crippen LogP contribution in [0.25, 0.3) is 11.6 Å². The van der Waals surface area contributed by atoms with Gasteiger partial charge in [-0.05, 0) is 55.5 Å². The Hall–Kier alpha value is -4.25. The number of benzene rings is 2. The molecule has 0 atom stereocenters. The zero-order valence-electron chi connectivity index (χ0n) is 18.2. The van der Waals surface area contributed by atoms with Gasteiger partial charge in [0, 0.05) is 5.69 Å². The number of carbonyl (C=O) groups excluding carboxylic acids is 2. The van der Waals surface area contributed by atoms with Gasteiger partial charge in [0.05, 0.1) is 29.9 Å². The zero-order chi connectivity index (χ0) is 23.9. The number of hydrogen-bond donors (Lipinski definition) is 3. The van der Waals surface area contributed by atoms with Gasteiger partial charge in [0.25, 0.3) is 5.91 Å². The lowest BCUT2D eigenvalue weighted by molar-refractivity contribution is -0.113. The van der Waals surface area contributed by atoms with Crippen LogP contribution in [0.1, 0.15) is 17.3 Å². The largest absolute Gasteiger partial charge is 0.494 e. The number of nitrogen functional groups attached to an aromatic ring is 1. The molecule has 0 saturated heterocycles. The van der Waals surface area contributed by atoms with Gasteiger partial charge >= 0.3 is 0 Å². The number of para-hydroxylation sites is 1. The van der Waals surface area contributed by atoms with Gasteiger partial charge in [-0.2, -0.15) is 0 Å². The molecule has 0 bridgehead atoms. The molecule has 0 aliphatic rings. The van der Waals surface area contributed by atoms with Gasteiger partial charge in [0.15, 0.2) is 5.76 Å². The van der Waals surface area contributed by atoms with Crippen molar-refractivity contribution in [1.82, 2.24) is 14.9 Å². The number of furan rings is 1. The average Bonchev–Trinajstić information content (AvgIpc) is 3.49. The van der Waals surface area contributed by atoms with E-state index in [1.807, 2.05) is 6.92 Å². The summed E-state index contributed by atoms with van der Waals surface area (Å²) in [4.78, 5) is 25.4. The first-order chi connectivity index (χ1) is 16.5. The second kappa shape index (κ2) is 10.6. The third kappa shape index (κ3) is 5.38. The minimum atomic E-state index is -0.350. The maximum atomic E-state index is 12.8. The lowest BCUT2D eigenvalue weighted by Gasteiger charge is -2.12. The smallest absolute Gasteiger partial charge is 0.257 e. The highest BCUT2D eigenvalue weighted by Crippen LogP contribution is 2.23. The normalized spacial score (nSPS) is 10.6. The summed E-state index contributed by atoms with van der Waals surface area (Å²) >= 11 is 1.11. The molecule has 0 unspecified atom stereocenters. The van der Waals surface area contributed by atoms with E-state index < -0.39 is 0 Å². The molecule has 11 heteroatoms. The summed E-state index contributed by atoms with van der Waals surface area (Å²) in [6.45, 7) is 2.46. The quantitative estimate of drug-likeness (QED) is 0.245. The second-order valence-corrected chi connectivity index (χ2v) is 7.89. The number of nitrogens with one attached hydrogen (secondary N) is 2. The van der Waals surface area contributed by atoms with Gasteiger partial charge in [-0.1, -0.05) is 23.9 Å². The first-order valence-corrected chi connectivity index (χ1v) is 11.3. The van der Waals surface area contributed by atoms with Crippen molar-refractivity contribution < 1.29 is 18.7 Å². The molecule has 2 aromatic carbocycles. The first kappa shape index (κ1) is 22.9. The van der Waals surface area contributed by atoms with E-state index >= 15 is 0 Å². The van der Waals surface area contributed by atoms with Crippen LogP contribution in [0, 0.1) is 0 Å². The fraction of sp³-hybridized carbons (Fsp3) is 0.130. The number of rotatable bonds is 9. The van der Waals surface area contributed by atoms with Crippen LogP contribution in [-0.4, -0.2) is 39.0 Å². The van der Waals surface area contributed by atoms with E-state index in [0.717, 1.165) is 17.5 Å². The fourth-order valence-corrected chi connectivity index (χ4v) is 3.71. The summed E-state index contributed by atoms with van der Waals surface area (Å²) in [5.41, 5.74) is 1.33. The minimum Gasteiger partial charge on any atom is -0.494 e. The van der Waals surface area contributed by atoms with Gasteiger partial charge in [0.2, 0.25) is 16.9 Å².